The molecule has 1 rings (SSSR count). The Bertz CT molecular complexity index is 419. The third-order valence-corrected chi connectivity index (χ3v) is 2.83. The van der Waals surface area contributed by atoms with Crippen LogP contribution in [0, 0.1) is 0 Å². The number of hydrogen-bond acceptors (Lipinski definition) is 3. The summed E-state index contributed by atoms with van der Waals surface area (Å²) in [6.45, 7) is 4.21. The monoisotopic (exact) mass is 256 g/mol. The lowest BCUT2D eigenvalue weighted by atomic mass is 10.1. The van der Waals surface area contributed by atoms with E-state index >= 15 is 0 Å². The average Bonchev–Trinajstić information content (AvgIpc) is 2.30. The highest BCUT2D eigenvalue weighted by molar-refractivity contribution is 6.33. The number of anilines is 1. The maximum absolute atomic E-state index is 11.8. The molecule has 0 heterocycles. The predicted octanol–water partition coefficient (Wildman–Crippen LogP) is 2.08. The lowest BCUT2D eigenvalue weighted by Crippen LogP contribution is -2.39. The summed E-state index contributed by atoms with van der Waals surface area (Å²) in [5, 5.41) is 3.22. The van der Waals surface area contributed by atoms with E-state index in [1.54, 1.807) is 25.3 Å². The summed E-state index contributed by atoms with van der Waals surface area (Å²) < 4.78 is 5.21. The Hall–Kier alpha value is -1.26. The number of benzene rings is 1. The number of halogens is 1. The Morgan fingerprint density at radius 3 is 2.71 bits per heavy atom. The number of nitrogen functional groups attached to an aromatic ring is 1. The summed E-state index contributed by atoms with van der Waals surface area (Å²) in [4.78, 5) is 11.8. The van der Waals surface area contributed by atoms with Gasteiger partial charge >= 0.3 is 0 Å². The number of ether oxygens (including phenoxy) is 1. The van der Waals surface area contributed by atoms with Crippen LogP contribution in [0.15, 0.2) is 18.2 Å². The van der Waals surface area contributed by atoms with E-state index in [0.717, 1.165) is 0 Å². The number of nitrogens with one attached hydrogen (secondary N) is 1. The molecule has 94 valence electrons. The van der Waals surface area contributed by atoms with Gasteiger partial charge in [-0.15, -0.1) is 0 Å². The molecule has 3 N–H and O–H groups in total. The highest BCUT2D eigenvalue weighted by atomic mass is 35.5. The van der Waals surface area contributed by atoms with Crippen LogP contribution in [0.25, 0.3) is 0 Å². The molecule has 0 unspecified atom stereocenters. The van der Waals surface area contributed by atoms with Gasteiger partial charge in [0.1, 0.15) is 0 Å². The van der Waals surface area contributed by atoms with E-state index < -0.39 is 5.60 Å². The smallest absolute Gasteiger partial charge is 0.251 e. The molecule has 0 aliphatic rings. The van der Waals surface area contributed by atoms with E-state index in [2.05, 4.69) is 5.32 Å². The van der Waals surface area contributed by atoms with Crippen molar-refractivity contribution in [3.63, 3.8) is 0 Å². The second kappa shape index (κ2) is 5.38. The lowest BCUT2D eigenvalue weighted by molar-refractivity contribution is 0.0229. The molecule has 0 atom stereocenters. The lowest BCUT2D eigenvalue weighted by Gasteiger charge is -2.23. The Kier molecular flexibility index (Phi) is 4.37. The maximum Gasteiger partial charge on any atom is 0.251 e. The van der Waals surface area contributed by atoms with Crippen LogP contribution in [-0.4, -0.2) is 25.2 Å². The van der Waals surface area contributed by atoms with E-state index in [0.29, 0.717) is 22.8 Å². The van der Waals surface area contributed by atoms with E-state index in [9.17, 15) is 4.79 Å². The zero-order chi connectivity index (χ0) is 13.1. The van der Waals surface area contributed by atoms with Gasteiger partial charge in [-0.3, -0.25) is 4.79 Å². The summed E-state index contributed by atoms with van der Waals surface area (Å²) >= 11 is 5.78. The van der Waals surface area contributed by atoms with Gasteiger partial charge in [0.2, 0.25) is 0 Å². The highest BCUT2D eigenvalue weighted by Crippen LogP contribution is 2.19. The third kappa shape index (κ3) is 3.91. The molecule has 4 nitrogen and oxygen atoms in total. The highest BCUT2D eigenvalue weighted by Gasteiger charge is 2.18. The molecule has 0 bridgehead atoms. The second-order valence-electron chi connectivity index (χ2n) is 4.38. The van der Waals surface area contributed by atoms with Gasteiger partial charge in [0, 0.05) is 19.2 Å². The molecule has 1 amide bonds. The molecule has 1 aromatic carbocycles. The molecule has 0 aliphatic carbocycles. The largest absolute Gasteiger partial charge is 0.398 e. The summed E-state index contributed by atoms with van der Waals surface area (Å²) in [5.74, 6) is -0.196. The molecule has 17 heavy (non-hydrogen) atoms. The van der Waals surface area contributed by atoms with E-state index in [1.165, 1.54) is 0 Å². The molecule has 5 heteroatoms. The fourth-order valence-corrected chi connectivity index (χ4v) is 1.27. The zero-order valence-electron chi connectivity index (χ0n) is 10.2. The van der Waals surface area contributed by atoms with Crippen LogP contribution >= 0.6 is 11.6 Å². The number of carbonyl (C=O) groups excluding carboxylic acids is 1. The Morgan fingerprint density at radius 1 is 1.53 bits per heavy atom. The summed E-state index contributed by atoms with van der Waals surface area (Å²) in [6, 6.07) is 4.79. The zero-order valence-corrected chi connectivity index (χ0v) is 11.0. The van der Waals surface area contributed by atoms with Gasteiger partial charge in [0.15, 0.2) is 0 Å². The van der Waals surface area contributed by atoms with Crippen molar-refractivity contribution in [2.45, 2.75) is 19.4 Å². The van der Waals surface area contributed by atoms with Crippen molar-refractivity contribution in [1.82, 2.24) is 5.32 Å². The van der Waals surface area contributed by atoms with Gasteiger partial charge in [0.05, 0.1) is 16.3 Å². The number of methoxy groups -OCH3 is 1. The number of hydrogen-bond donors (Lipinski definition) is 2. The van der Waals surface area contributed by atoms with Gasteiger partial charge in [-0.2, -0.15) is 0 Å². The predicted molar refractivity (Wildman–Crippen MR) is 69.3 cm³/mol. The molecule has 0 spiro atoms. The number of amides is 1. The summed E-state index contributed by atoms with van der Waals surface area (Å²) in [6.07, 6.45) is 0. The summed E-state index contributed by atoms with van der Waals surface area (Å²) in [7, 11) is 1.60. The molecule has 0 radical (unpaired) electrons. The molecule has 0 fully saturated rings. The maximum atomic E-state index is 11.8. The van der Waals surface area contributed by atoms with Crippen molar-refractivity contribution in [1.29, 1.82) is 0 Å². The van der Waals surface area contributed by atoms with Crippen molar-refractivity contribution in [3.8, 4) is 0 Å². The molecular formula is C12H17ClN2O2. The first-order chi connectivity index (χ1) is 7.85. The normalized spacial score (nSPS) is 11.3. The van der Waals surface area contributed by atoms with Crippen LogP contribution in [0.5, 0.6) is 0 Å². The van der Waals surface area contributed by atoms with Crippen molar-refractivity contribution < 1.29 is 9.53 Å². The van der Waals surface area contributed by atoms with Crippen molar-refractivity contribution >= 4 is 23.2 Å². The molecule has 0 aliphatic heterocycles. The first-order valence-corrected chi connectivity index (χ1v) is 5.62. The fourth-order valence-electron chi connectivity index (χ4n) is 1.15. The van der Waals surface area contributed by atoms with Gasteiger partial charge in [-0.1, -0.05) is 11.6 Å². The first-order valence-electron chi connectivity index (χ1n) is 5.24. The Balaban J connectivity index is 2.68. The standard InChI is InChI=1S/C12H17ClN2O2/c1-12(2,17-3)7-15-11(16)8-4-5-9(13)10(14)6-8/h4-6H,7,14H2,1-3H3,(H,15,16). The van der Waals surface area contributed by atoms with E-state index in [4.69, 9.17) is 22.1 Å². The van der Waals surface area contributed by atoms with Gasteiger partial charge in [-0.05, 0) is 32.0 Å². The average molecular weight is 257 g/mol. The van der Waals surface area contributed by atoms with Crippen LogP contribution in [0.3, 0.4) is 0 Å². The number of nitrogens with two attached hydrogens (primary N) is 1. The fraction of sp³-hybridized carbons (Fsp3) is 0.417. The minimum Gasteiger partial charge on any atom is -0.398 e. The third-order valence-electron chi connectivity index (χ3n) is 2.49. The number of carbonyl (C=O) groups is 1. The van der Waals surface area contributed by atoms with Crippen LogP contribution < -0.4 is 11.1 Å². The Labute approximate surface area is 106 Å². The van der Waals surface area contributed by atoms with Gasteiger partial charge in [0.25, 0.3) is 5.91 Å². The van der Waals surface area contributed by atoms with E-state index in [-0.39, 0.29) is 5.91 Å². The van der Waals surface area contributed by atoms with Crippen LogP contribution in [0.4, 0.5) is 5.69 Å². The number of rotatable bonds is 4. The van der Waals surface area contributed by atoms with Crippen molar-refractivity contribution in [3.05, 3.63) is 28.8 Å². The van der Waals surface area contributed by atoms with Crippen LogP contribution in [0.2, 0.25) is 5.02 Å². The Morgan fingerprint density at radius 2 is 2.18 bits per heavy atom. The van der Waals surface area contributed by atoms with Gasteiger partial charge < -0.3 is 15.8 Å². The topological polar surface area (TPSA) is 64.3 Å². The minimum absolute atomic E-state index is 0.196. The molecule has 0 saturated carbocycles. The SMILES string of the molecule is COC(C)(C)CNC(=O)c1ccc(Cl)c(N)c1. The van der Waals surface area contributed by atoms with Crippen LogP contribution in [-0.2, 0) is 4.74 Å². The molecular weight excluding hydrogens is 240 g/mol. The van der Waals surface area contributed by atoms with Crippen LogP contribution in [0.1, 0.15) is 24.2 Å². The summed E-state index contributed by atoms with van der Waals surface area (Å²) in [5.41, 5.74) is 6.11. The quantitative estimate of drug-likeness (QED) is 0.811. The van der Waals surface area contributed by atoms with Crippen molar-refractivity contribution in [2.24, 2.45) is 0 Å². The molecule has 0 aromatic heterocycles. The second-order valence-corrected chi connectivity index (χ2v) is 4.79. The van der Waals surface area contributed by atoms with Crippen molar-refractivity contribution in [2.75, 3.05) is 19.4 Å². The van der Waals surface area contributed by atoms with Gasteiger partial charge in [-0.25, -0.2) is 0 Å². The minimum atomic E-state index is -0.395. The first kappa shape index (κ1) is 13.8. The molecule has 0 saturated heterocycles. The van der Waals surface area contributed by atoms with E-state index in [1.807, 2.05) is 13.8 Å². The molecule has 1 aromatic rings.